The van der Waals surface area contributed by atoms with E-state index in [9.17, 15) is 8.42 Å². The first-order valence-electron chi connectivity index (χ1n) is 6.17. The van der Waals surface area contributed by atoms with Gasteiger partial charge in [-0.15, -0.1) is 0 Å². The van der Waals surface area contributed by atoms with Crippen LogP contribution in [0.1, 0.15) is 0 Å². The third-order valence-corrected chi connectivity index (χ3v) is 3.65. The zero-order chi connectivity index (χ0) is 15.2. The Morgan fingerprint density at radius 1 is 1.30 bits per heavy atom. The van der Waals surface area contributed by atoms with Gasteiger partial charge in [0.15, 0.2) is 0 Å². The number of likely N-dealkylation sites (N-methyl/N-ethyl adjacent to an activating group) is 1. The Hall–Kier alpha value is -1.35. The summed E-state index contributed by atoms with van der Waals surface area (Å²) >= 11 is 0. The van der Waals surface area contributed by atoms with Crippen molar-refractivity contribution in [3.63, 3.8) is 0 Å². The molecule has 0 amide bonds. The lowest BCUT2D eigenvalue weighted by Gasteiger charge is -2.17. The molecule has 8 heteroatoms. The van der Waals surface area contributed by atoms with E-state index in [0.717, 1.165) is 13.1 Å². The van der Waals surface area contributed by atoms with Gasteiger partial charge in [0, 0.05) is 38.1 Å². The van der Waals surface area contributed by atoms with Crippen LogP contribution in [0.2, 0.25) is 0 Å². The van der Waals surface area contributed by atoms with Gasteiger partial charge in [-0.3, -0.25) is 0 Å². The number of hydrogen-bond donors (Lipinski definition) is 3. The second-order valence-corrected chi connectivity index (χ2v) is 6.12. The summed E-state index contributed by atoms with van der Waals surface area (Å²) < 4.78 is 27.6. The number of anilines is 2. The highest BCUT2D eigenvalue weighted by molar-refractivity contribution is 7.89. The molecular formula is C12H22N4O3S. The molecule has 0 aliphatic rings. The summed E-state index contributed by atoms with van der Waals surface area (Å²) in [4.78, 5) is 2.11. The summed E-state index contributed by atoms with van der Waals surface area (Å²) in [6.45, 7) is 2.96. The molecule has 0 unspecified atom stereocenters. The number of nitrogens with one attached hydrogen (secondary N) is 1. The van der Waals surface area contributed by atoms with E-state index in [1.165, 1.54) is 12.1 Å². The smallest absolute Gasteiger partial charge is 0.238 e. The van der Waals surface area contributed by atoms with Crippen LogP contribution in [-0.2, 0) is 14.8 Å². The Kier molecular flexibility index (Phi) is 6.21. The van der Waals surface area contributed by atoms with Gasteiger partial charge in [-0.2, -0.15) is 0 Å². The Morgan fingerprint density at radius 3 is 2.60 bits per heavy atom. The molecule has 114 valence electrons. The molecule has 0 aliphatic carbocycles. The van der Waals surface area contributed by atoms with E-state index >= 15 is 0 Å². The first-order valence-corrected chi connectivity index (χ1v) is 7.72. The van der Waals surface area contributed by atoms with Crippen LogP contribution in [0.5, 0.6) is 0 Å². The number of ether oxygens (including phenoxy) is 1. The van der Waals surface area contributed by atoms with Gasteiger partial charge in [-0.05, 0) is 25.2 Å². The highest BCUT2D eigenvalue weighted by Crippen LogP contribution is 2.19. The van der Waals surface area contributed by atoms with E-state index in [1.807, 2.05) is 7.05 Å². The summed E-state index contributed by atoms with van der Waals surface area (Å²) in [5, 5.41) is 8.22. The SMILES string of the molecule is COCCN(C)CCNc1cc(N)cc(S(N)(=O)=O)c1. The van der Waals surface area contributed by atoms with Crippen LogP contribution in [-0.4, -0.2) is 53.7 Å². The zero-order valence-corrected chi connectivity index (χ0v) is 12.6. The Bertz CT molecular complexity index is 534. The Balaban J connectivity index is 2.58. The van der Waals surface area contributed by atoms with Crippen LogP contribution in [0.4, 0.5) is 11.4 Å². The standard InChI is InChI=1S/C12H22N4O3S/c1-16(5-6-19-2)4-3-15-11-7-10(13)8-12(9-11)20(14,17)18/h7-9,15H,3-6,13H2,1-2H3,(H2,14,17,18). The number of nitrogens with two attached hydrogens (primary N) is 2. The molecule has 0 radical (unpaired) electrons. The zero-order valence-electron chi connectivity index (χ0n) is 11.8. The fraction of sp³-hybridized carbons (Fsp3) is 0.500. The van der Waals surface area contributed by atoms with Crippen LogP contribution in [0.15, 0.2) is 23.1 Å². The molecule has 0 aliphatic heterocycles. The number of benzene rings is 1. The summed E-state index contributed by atoms with van der Waals surface area (Å²) in [6.07, 6.45) is 0. The third kappa shape index (κ3) is 5.74. The second-order valence-electron chi connectivity index (χ2n) is 4.56. The first kappa shape index (κ1) is 16.7. The van der Waals surface area contributed by atoms with Gasteiger partial charge in [-0.25, -0.2) is 13.6 Å². The second kappa shape index (κ2) is 7.44. The van der Waals surface area contributed by atoms with Gasteiger partial charge in [0.05, 0.1) is 11.5 Å². The minimum absolute atomic E-state index is 0.00716. The molecule has 0 saturated carbocycles. The minimum atomic E-state index is -3.75. The van der Waals surface area contributed by atoms with Gasteiger partial charge < -0.3 is 20.7 Å². The minimum Gasteiger partial charge on any atom is -0.399 e. The molecule has 0 atom stereocenters. The van der Waals surface area contributed by atoms with Crippen molar-refractivity contribution in [2.24, 2.45) is 5.14 Å². The predicted octanol–water partition coefficient (Wildman–Crippen LogP) is -0.0937. The number of hydrogen-bond acceptors (Lipinski definition) is 6. The monoisotopic (exact) mass is 302 g/mol. The van der Waals surface area contributed by atoms with E-state index in [4.69, 9.17) is 15.6 Å². The van der Waals surface area contributed by atoms with Crippen molar-refractivity contribution in [3.8, 4) is 0 Å². The fourth-order valence-electron chi connectivity index (χ4n) is 1.64. The normalized spacial score (nSPS) is 11.8. The van der Waals surface area contributed by atoms with Crippen molar-refractivity contribution in [1.29, 1.82) is 0 Å². The Morgan fingerprint density at radius 2 is 2.00 bits per heavy atom. The van der Waals surface area contributed by atoms with E-state index < -0.39 is 10.0 Å². The molecule has 7 nitrogen and oxygen atoms in total. The molecular weight excluding hydrogens is 280 g/mol. The molecule has 5 N–H and O–H groups in total. The van der Waals surface area contributed by atoms with Crippen LogP contribution in [0.3, 0.4) is 0 Å². The van der Waals surface area contributed by atoms with Crippen LogP contribution >= 0.6 is 0 Å². The van der Waals surface area contributed by atoms with Crippen molar-refractivity contribution in [2.45, 2.75) is 4.90 Å². The first-order chi connectivity index (χ1) is 9.32. The van der Waals surface area contributed by atoms with Crippen molar-refractivity contribution >= 4 is 21.4 Å². The lowest BCUT2D eigenvalue weighted by Crippen LogP contribution is -2.28. The fourth-order valence-corrected chi connectivity index (χ4v) is 2.23. The van der Waals surface area contributed by atoms with Gasteiger partial charge >= 0.3 is 0 Å². The molecule has 1 aromatic rings. The van der Waals surface area contributed by atoms with Crippen molar-refractivity contribution in [2.75, 3.05) is 51.4 Å². The average Bonchev–Trinajstić information content (AvgIpc) is 2.34. The molecule has 0 saturated heterocycles. The number of sulfonamides is 1. The number of primary sulfonamides is 1. The van der Waals surface area contributed by atoms with Crippen molar-refractivity contribution < 1.29 is 13.2 Å². The molecule has 1 rings (SSSR count). The van der Waals surface area contributed by atoms with E-state index in [-0.39, 0.29) is 4.90 Å². The lowest BCUT2D eigenvalue weighted by molar-refractivity contribution is 0.163. The molecule has 0 aromatic heterocycles. The summed E-state index contributed by atoms with van der Waals surface area (Å²) in [5.74, 6) is 0. The van der Waals surface area contributed by atoms with Gasteiger partial charge in [-0.1, -0.05) is 0 Å². The quantitative estimate of drug-likeness (QED) is 0.579. The van der Waals surface area contributed by atoms with E-state index in [2.05, 4.69) is 10.2 Å². The maximum absolute atomic E-state index is 11.3. The summed E-state index contributed by atoms with van der Waals surface area (Å²) in [6, 6.07) is 4.48. The molecule has 0 spiro atoms. The molecule has 20 heavy (non-hydrogen) atoms. The topological polar surface area (TPSA) is 111 Å². The number of rotatable bonds is 8. The summed E-state index contributed by atoms with van der Waals surface area (Å²) in [7, 11) is -0.106. The van der Waals surface area contributed by atoms with Crippen LogP contribution in [0, 0.1) is 0 Å². The van der Waals surface area contributed by atoms with Crippen molar-refractivity contribution in [3.05, 3.63) is 18.2 Å². The maximum Gasteiger partial charge on any atom is 0.238 e. The highest BCUT2D eigenvalue weighted by atomic mass is 32.2. The predicted molar refractivity (Wildman–Crippen MR) is 80.1 cm³/mol. The largest absolute Gasteiger partial charge is 0.399 e. The number of methoxy groups -OCH3 is 1. The van der Waals surface area contributed by atoms with Crippen molar-refractivity contribution in [1.82, 2.24) is 4.90 Å². The van der Waals surface area contributed by atoms with Gasteiger partial charge in [0.2, 0.25) is 10.0 Å². The lowest BCUT2D eigenvalue weighted by atomic mass is 10.3. The number of nitrogen functional groups attached to an aromatic ring is 1. The molecule has 0 heterocycles. The van der Waals surface area contributed by atoms with E-state index in [0.29, 0.717) is 24.5 Å². The molecule has 1 aromatic carbocycles. The third-order valence-electron chi connectivity index (χ3n) is 2.76. The van der Waals surface area contributed by atoms with E-state index in [1.54, 1.807) is 13.2 Å². The van der Waals surface area contributed by atoms with Crippen LogP contribution in [0.25, 0.3) is 0 Å². The highest BCUT2D eigenvalue weighted by Gasteiger charge is 2.09. The molecule has 0 bridgehead atoms. The van der Waals surface area contributed by atoms with Crippen LogP contribution < -0.4 is 16.2 Å². The summed E-state index contributed by atoms with van der Waals surface area (Å²) in [5.41, 5.74) is 6.65. The average molecular weight is 302 g/mol. The van der Waals surface area contributed by atoms with Gasteiger partial charge in [0.1, 0.15) is 0 Å². The maximum atomic E-state index is 11.3. The Labute approximate surface area is 119 Å². The molecule has 0 fully saturated rings. The number of nitrogens with zero attached hydrogens (tertiary/aromatic N) is 1. The van der Waals surface area contributed by atoms with Gasteiger partial charge in [0.25, 0.3) is 0 Å².